The van der Waals surface area contributed by atoms with E-state index in [4.69, 9.17) is 4.74 Å². The molecule has 32 heavy (non-hydrogen) atoms. The number of fused-ring (bicyclic) bond motifs is 2. The Labute approximate surface area is 188 Å². The molecule has 0 unspecified atom stereocenters. The highest BCUT2D eigenvalue weighted by Gasteiger charge is 2.22. The van der Waals surface area contributed by atoms with Gasteiger partial charge >= 0.3 is 5.97 Å². The fourth-order valence-corrected chi connectivity index (χ4v) is 5.09. The Morgan fingerprint density at radius 2 is 1.88 bits per heavy atom. The maximum Gasteiger partial charge on any atom is 0.336 e. The highest BCUT2D eigenvalue weighted by molar-refractivity contribution is 5.89. The number of hydrogen-bond acceptors (Lipinski definition) is 4. The molecule has 0 saturated heterocycles. The van der Waals surface area contributed by atoms with Crippen molar-refractivity contribution in [2.45, 2.75) is 51.2 Å². The minimum Gasteiger partial charge on any atom is -0.478 e. The van der Waals surface area contributed by atoms with Gasteiger partial charge in [0.2, 0.25) is 0 Å². The van der Waals surface area contributed by atoms with Crippen molar-refractivity contribution in [1.29, 1.82) is 0 Å². The standard InChI is InChI=1S/C27H28N2O3/c1-29(23-8-7-21-16-32-17-22(21)14-23)24-9-10-25-18(3-2-4-19(25)13-24)5-6-20-15-28-12-11-26(20)27(30)31/h7-15,18H,2-6,16-17H2,1H3,(H,30,31)/t18-/m0/s1. The monoisotopic (exact) mass is 428 g/mol. The number of hydrogen-bond donors (Lipinski definition) is 1. The van der Waals surface area contributed by atoms with Crippen molar-refractivity contribution in [3.05, 3.63) is 88.2 Å². The van der Waals surface area contributed by atoms with Gasteiger partial charge in [-0.1, -0.05) is 12.1 Å². The zero-order chi connectivity index (χ0) is 22.1. The molecule has 0 saturated carbocycles. The smallest absolute Gasteiger partial charge is 0.336 e. The number of aromatic nitrogens is 1. The maximum atomic E-state index is 11.5. The summed E-state index contributed by atoms with van der Waals surface area (Å²) in [6.07, 6.45) is 8.34. The van der Waals surface area contributed by atoms with Crippen molar-refractivity contribution < 1.29 is 14.6 Å². The summed E-state index contributed by atoms with van der Waals surface area (Å²) in [5.41, 5.74) is 8.97. The predicted molar refractivity (Wildman–Crippen MR) is 125 cm³/mol. The predicted octanol–water partition coefficient (Wildman–Crippen LogP) is 5.63. The van der Waals surface area contributed by atoms with Gasteiger partial charge in [-0.05, 0) is 96.2 Å². The molecule has 2 aliphatic rings. The third kappa shape index (κ3) is 4.00. The fraction of sp³-hybridized carbons (Fsp3) is 0.333. The summed E-state index contributed by atoms with van der Waals surface area (Å²) in [7, 11) is 2.12. The Balaban J connectivity index is 1.34. The van der Waals surface area contributed by atoms with Gasteiger partial charge in [0.1, 0.15) is 0 Å². The fourth-order valence-electron chi connectivity index (χ4n) is 5.09. The molecule has 2 heterocycles. The molecule has 0 spiro atoms. The highest BCUT2D eigenvalue weighted by Crippen LogP contribution is 2.38. The molecule has 1 aliphatic heterocycles. The first-order valence-electron chi connectivity index (χ1n) is 11.3. The molecule has 3 aromatic rings. The molecule has 1 N–H and O–H groups in total. The summed E-state index contributed by atoms with van der Waals surface area (Å²) in [6, 6.07) is 15.0. The zero-order valence-electron chi connectivity index (χ0n) is 18.4. The lowest BCUT2D eigenvalue weighted by atomic mass is 9.79. The number of rotatable bonds is 6. The van der Waals surface area contributed by atoms with Crippen LogP contribution >= 0.6 is 0 Å². The number of carbonyl (C=O) groups is 1. The van der Waals surface area contributed by atoms with E-state index in [-0.39, 0.29) is 0 Å². The second-order valence-corrected chi connectivity index (χ2v) is 8.85. The van der Waals surface area contributed by atoms with E-state index in [0.717, 1.165) is 31.2 Å². The summed E-state index contributed by atoms with van der Waals surface area (Å²) in [4.78, 5) is 17.9. The Morgan fingerprint density at radius 3 is 2.72 bits per heavy atom. The molecule has 0 fully saturated rings. The first-order valence-corrected chi connectivity index (χ1v) is 11.3. The Morgan fingerprint density at radius 1 is 1.09 bits per heavy atom. The lowest BCUT2D eigenvalue weighted by Gasteiger charge is -2.28. The van der Waals surface area contributed by atoms with Gasteiger partial charge in [-0.3, -0.25) is 4.98 Å². The Kier molecular flexibility index (Phi) is 5.66. The number of aromatic carboxylic acids is 1. The van der Waals surface area contributed by atoms with Crippen molar-refractivity contribution in [2.24, 2.45) is 0 Å². The van der Waals surface area contributed by atoms with Crippen LogP contribution in [0, 0.1) is 0 Å². The van der Waals surface area contributed by atoms with E-state index < -0.39 is 5.97 Å². The number of aryl methyl sites for hydroxylation is 2. The van der Waals surface area contributed by atoms with Crippen LogP contribution in [0.25, 0.3) is 0 Å². The van der Waals surface area contributed by atoms with Gasteiger partial charge in [-0.25, -0.2) is 4.79 Å². The number of carboxylic acids is 1. The minimum atomic E-state index is -0.878. The molecular formula is C27H28N2O3. The summed E-state index contributed by atoms with van der Waals surface area (Å²) in [5.74, 6) is -0.422. The van der Waals surface area contributed by atoms with E-state index in [1.165, 1.54) is 40.0 Å². The molecule has 5 heteroatoms. The van der Waals surface area contributed by atoms with E-state index in [2.05, 4.69) is 53.3 Å². The minimum absolute atomic E-state index is 0.368. The molecule has 1 atom stereocenters. The van der Waals surface area contributed by atoms with Crippen LogP contribution in [-0.2, 0) is 30.8 Å². The van der Waals surface area contributed by atoms with E-state index in [1.54, 1.807) is 18.5 Å². The van der Waals surface area contributed by atoms with E-state index in [0.29, 0.717) is 24.7 Å². The number of nitrogens with zero attached hydrogens (tertiary/aromatic N) is 2. The largest absolute Gasteiger partial charge is 0.478 e. The summed E-state index contributed by atoms with van der Waals surface area (Å²) >= 11 is 0. The van der Waals surface area contributed by atoms with Gasteiger partial charge in [-0.15, -0.1) is 0 Å². The average Bonchev–Trinajstić information content (AvgIpc) is 3.30. The lowest BCUT2D eigenvalue weighted by molar-refractivity contribution is 0.0695. The SMILES string of the molecule is CN(c1ccc2c(c1)COC2)c1ccc2c(c1)CCC[C@H]2CCc1cnccc1C(=O)O. The number of pyridine rings is 1. The van der Waals surface area contributed by atoms with Crippen molar-refractivity contribution in [1.82, 2.24) is 4.98 Å². The quantitative estimate of drug-likeness (QED) is 0.551. The first-order chi connectivity index (χ1) is 15.6. The van der Waals surface area contributed by atoms with Crippen LogP contribution in [0.1, 0.15) is 63.4 Å². The number of carboxylic acid groups (broad SMARTS) is 1. The van der Waals surface area contributed by atoms with Gasteiger partial charge in [0.05, 0.1) is 18.8 Å². The topological polar surface area (TPSA) is 62.7 Å². The van der Waals surface area contributed by atoms with Gasteiger partial charge in [0.15, 0.2) is 0 Å². The van der Waals surface area contributed by atoms with Crippen molar-refractivity contribution in [3.63, 3.8) is 0 Å². The van der Waals surface area contributed by atoms with Crippen molar-refractivity contribution in [3.8, 4) is 0 Å². The average molecular weight is 429 g/mol. The van der Waals surface area contributed by atoms with Gasteiger partial charge < -0.3 is 14.7 Å². The highest BCUT2D eigenvalue weighted by atomic mass is 16.5. The van der Waals surface area contributed by atoms with E-state index in [1.807, 2.05) is 0 Å². The Bertz CT molecular complexity index is 1160. The maximum absolute atomic E-state index is 11.5. The second-order valence-electron chi connectivity index (χ2n) is 8.85. The van der Waals surface area contributed by atoms with Crippen LogP contribution in [0.15, 0.2) is 54.9 Å². The van der Waals surface area contributed by atoms with Gasteiger partial charge in [0.25, 0.3) is 0 Å². The van der Waals surface area contributed by atoms with Crippen molar-refractivity contribution in [2.75, 3.05) is 11.9 Å². The van der Waals surface area contributed by atoms with Crippen LogP contribution in [-0.4, -0.2) is 23.1 Å². The molecule has 2 aromatic carbocycles. The third-order valence-corrected chi connectivity index (χ3v) is 6.94. The molecule has 164 valence electrons. The molecule has 1 aromatic heterocycles. The summed E-state index contributed by atoms with van der Waals surface area (Å²) < 4.78 is 5.56. The number of benzene rings is 2. The molecule has 5 rings (SSSR count). The van der Waals surface area contributed by atoms with Crippen LogP contribution in [0.2, 0.25) is 0 Å². The second kappa shape index (κ2) is 8.75. The lowest BCUT2D eigenvalue weighted by Crippen LogP contribution is -2.14. The number of anilines is 2. The van der Waals surface area contributed by atoms with Crippen LogP contribution in [0.4, 0.5) is 11.4 Å². The Hall–Kier alpha value is -3.18. The van der Waals surface area contributed by atoms with Gasteiger partial charge in [-0.2, -0.15) is 0 Å². The van der Waals surface area contributed by atoms with Crippen LogP contribution in [0.5, 0.6) is 0 Å². The molecule has 5 nitrogen and oxygen atoms in total. The number of ether oxygens (including phenoxy) is 1. The molecular weight excluding hydrogens is 400 g/mol. The molecule has 0 amide bonds. The summed E-state index contributed by atoms with van der Waals surface area (Å²) in [5, 5.41) is 9.45. The van der Waals surface area contributed by atoms with Crippen LogP contribution in [0.3, 0.4) is 0 Å². The van der Waals surface area contributed by atoms with E-state index >= 15 is 0 Å². The third-order valence-electron chi connectivity index (χ3n) is 6.94. The normalized spacial score (nSPS) is 17.0. The molecule has 1 aliphatic carbocycles. The molecule has 0 bridgehead atoms. The van der Waals surface area contributed by atoms with Crippen LogP contribution < -0.4 is 4.90 Å². The summed E-state index contributed by atoms with van der Waals surface area (Å²) in [6.45, 7) is 1.41. The zero-order valence-corrected chi connectivity index (χ0v) is 18.4. The first kappa shape index (κ1) is 20.7. The van der Waals surface area contributed by atoms with Crippen molar-refractivity contribution >= 4 is 17.3 Å². The van der Waals surface area contributed by atoms with Gasteiger partial charge in [0, 0.05) is 30.8 Å². The molecule has 0 radical (unpaired) electrons. The van der Waals surface area contributed by atoms with E-state index in [9.17, 15) is 9.90 Å².